The molecule has 48 heavy (non-hydrogen) atoms. The number of ether oxygens (including phenoxy) is 1. The largest absolute Gasteiger partial charge is 0.490 e. The normalized spacial score (nSPS) is 13.5. The Morgan fingerprint density at radius 3 is 2.27 bits per heavy atom. The van der Waals surface area contributed by atoms with Crippen LogP contribution in [0.5, 0.6) is 5.75 Å². The Morgan fingerprint density at radius 1 is 0.938 bits per heavy atom. The Labute approximate surface area is 273 Å². The molecule has 1 aliphatic carbocycles. The summed E-state index contributed by atoms with van der Waals surface area (Å²) in [4.78, 5) is 61.0. The van der Waals surface area contributed by atoms with Gasteiger partial charge >= 0.3 is 12.1 Å². The maximum atomic E-state index is 13.4. The summed E-state index contributed by atoms with van der Waals surface area (Å²) in [7, 11) is 0. The maximum absolute atomic E-state index is 13.4. The number of hydrogen-bond donors (Lipinski definition) is 5. The third kappa shape index (κ3) is 10.0. The van der Waals surface area contributed by atoms with Crippen LogP contribution in [-0.4, -0.2) is 71.5 Å². The van der Waals surface area contributed by atoms with Crippen molar-refractivity contribution >= 4 is 41.0 Å². The van der Waals surface area contributed by atoms with Gasteiger partial charge in [-0.05, 0) is 86.3 Å². The van der Waals surface area contributed by atoms with Crippen LogP contribution in [0.2, 0.25) is 0 Å². The third-order valence-corrected chi connectivity index (χ3v) is 7.22. The van der Waals surface area contributed by atoms with Crippen LogP contribution in [0.25, 0.3) is 0 Å². The van der Waals surface area contributed by atoms with E-state index in [0.717, 1.165) is 31.2 Å². The van der Waals surface area contributed by atoms with Gasteiger partial charge in [0.25, 0.3) is 23.6 Å². The number of rotatable bonds is 11. The number of halogens is 3. The number of anilines is 2. The first-order valence-corrected chi connectivity index (χ1v) is 15.0. The van der Waals surface area contributed by atoms with Crippen LogP contribution in [0.15, 0.2) is 66.7 Å². The molecule has 1 heterocycles. The number of carbonyl (C=O) groups excluding carboxylic acids is 4. The van der Waals surface area contributed by atoms with Crippen molar-refractivity contribution in [3.63, 3.8) is 0 Å². The second-order valence-corrected chi connectivity index (χ2v) is 11.0. The number of nitrogens with two attached hydrogens (primary N) is 1. The Bertz CT molecular complexity index is 1660. The molecular weight excluding hydrogens is 635 g/mol. The number of nitrogens with one attached hydrogen (secondary N) is 3. The van der Waals surface area contributed by atoms with Gasteiger partial charge in [0, 0.05) is 41.5 Å². The van der Waals surface area contributed by atoms with Crippen molar-refractivity contribution in [2.24, 2.45) is 5.73 Å². The molecule has 12 nitrogen and oxygen atoms in total. The maximum Gasteiger partial charge on any atom is 0.490 e. The van der Waals surface area contributed by atoms with Gasteiger partial charge in [-0.15, -0.1) is 0 Å². The molecule has 254 valence electrons. The number of unbranched alkanes of at least 4 members (excludes halogenated alkanes) is 1. The molecule has 0 saturated heterocycles. The Kier molecular flexibility index (Phi) is 11.7. The van der Waals surface area contributed by atoms with Gasteiger partial charge < -0.3 is 36.4 Å². The fourth-order valence-electron chi connectivity index (χ4n) is 4.60. The summed E-state index contributed by atoms with van der Waals surface area (Å²) < 4.78 is 37.2. The van der Waals surface area contributed by atoms with E-state index in [2.05, 4.69) is 16.0 Å². The summed E-state index contributed by atoms with van der Waals surface area (Å²) >= 11 is 0. The van der Waals surface area contributed by atoms with Crippen molar-refractivity contribution < 1.29 is 47.0 Å². The molecule has 0 aromatic heterocycles. The lowest BCUT2D eigenvalue weighted by molar-refractivity contribution is -0.192. The fraction of sp³-hybridized carbons (Fsp3) is 0.303. The van der Waals surface area contributed by atoms with E-state index < -0.39 is 12.1 Å². The van der Waals surface area contributed by atoms with Crippen molar-refractivity contribution in [3.05, 3.63) is 89.0 Å². The number of carboxylic acids is 1. The van der Waals surface area contributed by atoms with Crippen LogP contribution in [0.3, 0.4) is 0 Å². The molecule has 3 aromatic carbocycles. The monoisotopic (exact) mass is 669 g/mol. The van der Waals surface area contributed by atoms with E-state index in [1.807, 2.05) is 17.0 Å². The number of hydrogen-bond acceptors (Lipinski definition) is 7. The molecule has 0 atom stereocenters. The van der Waals surface area contributed by atoms with Gasteiger partial charge in [0.15, 0.2) is 6.61 Å². The van der Waals surface area contributed by atoms with Crippen LogP contribution < -0.4 is 26.4 Å². The number of amides is 4. The van der Waals surface area contributed by atoms with Crippen LogP contribution >= 0.6 is 0 Å². The van der Waals surface area contributed by atoms with Crippen LogP contribution in [0.1, 0.15) is 62.3 Å². The highest BCUT2D eigenvalue weighted by Gasteiger charge is 2.38. The van der Waals surface area contributed by atoms with E-state index in [1.54, 1.807) is 54.6 Å². The predicted octanol–water partition coefficient (Wildman–Crippen LogP) is 4.18. The molecule has 0 spiro atoms. The molecule has 0 unspecified atom stereocenters. The third-order valence-electron chi connectivity index (χ3n) is 7.22. The molecule has 1 saturated carbocycles. The van der Waals surface area contributed by atoms with Gasteiger partial charge in [0.2, 0.25) is 0 Å². The minimum absolute atomic E-state index is 0.0761. The summed E-state index contributed by atoms with van der Waals surface area (Å²) in [6.07, 6.45) is -1.55. The number of fused-ring (bicyclic) bond motifs is 1. The molecule has 5 rings (SSSR count). The minimum atomic E-state index is -5.08. The van der Waals surface area contributed by atoms with Gasteiger partial charge in [0.1, 0.15) is 5.75 Å². The number of carbonyl (C=O) groups is 5. The smallest absolute Gasteiger partial charge is 0.482 e. The van der Waals surface area contributed by atoms with Crippen LogP contribution in [0, 0.1) is 0 Å². The lowest BCUT2D eigenvalue weighted by atomic mass is 10.1. The summed E-state index contributed by atoms with van der Waals surface area (Å²) in [5.74, 6) is -3.11. The topological polar surface area (TPSA) is 180 Å². The van der Waals surface area contributed by atoms with Gasteiger partial charge in [-0.3, -0.25) is 19.2 Å². The summed E-state index contributed by atoms with van der Waals surface area (Å²) in [5.41, 5.74) is 8.88. The van der Waals surface area contributed by atoms with Crippen LogP contribution in [-0.2, 0) is 16.1 Å². The highest BCUT2D eigenvalue weighted by atomic mass is 19.4. The first kappa shape index (κ1) is 35.4. The molecule has 6 N–H and O–H groups in total. The Balaban J connectivity index is 0.000000671. The average molecular weight is 670 g/mol. The van der Waals surface area contributed by atoms with Gasteiger partial charge in [-0.2, -0.15) is 13.2 Å². The number of benzene rings is 3. The lowest BCUT2D eigenvalue weighted by Gasteiger charge is -2.24. The predicted molar refractivity (Wildman–Crippen MR) is 169 cm³/mol. The number of aliphatic carboxylic acids is 1. The van der Waals surface area contributed by atoms with Crippen molar-refractivity contribution in [2.45, 2.75) is 44.4 Å². The second kappa shape index (κ2) is 15.9. The van der Waals surface area contributed by atoms with E-state index in [1.165, 1.54) is 0 Å². The van der Waals surface area contributed by atoms with E-state index in [4.69, 9.17) is 20.4 Å². The first-order valence-electron chi connectivity index (χ1n) is 15.0. The zero-order chi connectivity index (χ0) is 34.8. The quantitative estimate of drug-likeness (QED) is 0.189. The highest BCUT2D eigenvalue weighted by molar-refractivity contribution is 6.05. The molecule has 15 heteroatoms. The average Bonchev–Trinajstić information content (AvgIpc) is 3.91. The van der Waals surface area contributed by atoms with E-state index in [-0.39, 0.29) is 36.3 Å². The van der Waals surface area contributed by atoms with Crippen molar-refractivity contribution in [1.82, 2.24) is 10.2 Å². The number of nitrogens with zero attached hydrogens (tertiary/aromatic N) is 1. The SMILES string of the molecule is NCCCCNC(=O)c1cccc(NC(=O)c2ccc(CN(C(=O)c3ccc4c(c3)OCC(=O)N4)C3CC3)cc2)c1.O=C(O)C(F)(F)F. The highest BCUT2D eigenvalue weighted by Crippen LogP contribution is 2.33. The van der Waals surface area contributed by atoms with Crippen molar-refractivity contribution in [1.29, 1.82) is 0 Å². The minimum Gasteiger partial charge on any atom is -0.482 e. The first-order chi connectivity index (χ1) is 22.8. The summed E-state index contributed by atoms with van der Waals surface area (Å²) in [5, 5.41) is 15.6. The zero-order valence-corrected chi connectivity index (χ0v) is 25.6. The van der Waals surface area contributed by atoms with E-state index >= 15 is 0 Å². The Morgan fingerprint density at radius 2 is 1.62 bits per heavy atom. The molecule has 0 radical (unpaired) electrons. The van der Waals surface area contributed by atoms with E-state index in [9.17, 15) is 32.3 Å². The molecular formula is C33H34F3N5O7. The summed E-state index contributed by atoms with van der Waals surface area (Å²) in [6, 6.07) is 19.1. The summed E-state index contributed by atoms with van der Waals surface area (Å²) in [6.45, 7) is 1.46. The van der Waals surface area contributed by atoms with Gasteiger partial charge in [0.05, 0.1) is 5.69 Å². The molecule has 3 aromatic rings. The standard InChI is InChI=1S/C31H33N5O5.C2HF3O2/c32-14-1-2-15-33-29(38)22-4-3-5-24(16-22)34-30(39)21-8-6-20(7-9-21)18-36(25-11-12-25)31(40)23-10-13-26-27(17-23)41-19-28(37)35-26;3-2(4,5)1(6)7/h3-10,13,16-17,25H,1-2,11-12,14-15,18-19,32H2,(H,33,38)(H,34,39)(H,35,37);(H,6,7). The van der Waals surface area contributed by atoms with Crippen molar-refractivity contribution in [3.8, 4) is 5.75 Å². The number of carboxylic acid groups (broad SMARTS) is 1. The van der Waals surface area contributed by atoms with Crippen molar-refractivity contribution in [2.75, 3.05) is 30.3 Å². The molecule has 0 bridgehead atoms. The molecule has 1 aliphatic heterocycles. The van der Waals surface area contributed by atoms with E-state index in [0.29, 0.717) is 53.4 Å². The Hall–Kier alpha value is -5.44. The fourth-order valence-corrected chi connectivity index (χ4v) is 4.60. The lowest BCUT2D eigenvalue weighted by Crippen LogP contribution is -2.33. The molecule has 2 aliphatic rings. The van der Waals surface area contributed by atoms with Gasteiger partial charge in [-0.25, -0.2) is 4.79 Å². The van der Waals surface area contributed by atoms with Gasteiger partial charge in [-0.1, -0.05) is 18.2 Å². The molecule has 1 fully saturated rings. The number of alkyl halides is 3. The zero-order valence-electron chi connectivity index (χ0n) is 25.6. The molecule has 4 amide bonds. The second-order valence-electron chi connectivity index (χ2n) is 11.0. The van der Waals surface area contributed by atoms with Crippen LogP contribution in [0.4, 0.5) is 24.5 Å².